The van der Waals surface area contributed by atoms with E-state index in [9.17, 15) is 19.7 Å². The van der Waals surface area contributed by atoms with Crippen molar-refractivity contribution in [3.8, 4) is 11.5 Å². The summed E-state index contributed by atoms with van der Waals surface area (Å²) in [6.07, 6.45) is -0.805. The van der Waals surface area contributed by atoms with Gasteiger partial charge in [0.15, 0.2) is 11.5 Å². The van der Waals surface area contributed by atoms with Crippen LogP contribution in [0.3, 0.4) is 0 Å². The maximum Gasteiger partial charge on any atom is 0.206 e. The van der Waals surface area contributed by atoms with Crippen LogP contribution in [-0.4, -0.2) is 21.9 Å². The Morgan fingerprint density at radius 2 is 2.00 bits per heavy atom. The molecule has 0 aromatic heterocycles. The third-order valence-corrected chi connectivity index (χ3v) is 2.23. The van der Waals surface area contributed by atoms with E-state index in [0.29, 0.717) is 0 Å². The number of nitrogens with two attached hydrogens (primary N) is 1. The quantitative estimate of drug-likeness (QED) is 0.604. The summed E-state index contributed by atoms with van der Waals surface area (Å²) in [5.74, 6) is -2.43. The van der Waals surface area contributed by atoms with E-state index in [2.05, 4.69) is 0 Å². The van der Waals surface area contributed by atoms with Gasteiger partial charge in [0.2, 0.25) is 5.82 Å². The minimum atomic E-state index is -1.11. The number of aromatic hydroxyl groups is 2. The van der Waals surface area contributed by atoms with Crippen LogP contribution in [0.2, 0.25) is 0 Å². The summed E-state index contributed by atoms with van der Waals surface area (Å²) in [5, 5.41) is 28.1. The second-order valence-corrected chi connectivity index (χ2v) is 3.39. The van der Waals surface area contributed by atoms with Crippen molar-refractivity contribution in [2.45, 2.75) is 19.4 Å². The Hall–Kier alpha value is -1.33. The van der Waals surface area contributed by atoms with Gasteiger partial charge >= 0.3 is 0 Å². The van der Waals surface area contributed by atoms with E-state index >= 15 is 0 Å². The Balaban J connectivity index is 3.19. The fourth-order valence-corrected chi connectivity index (χ4v) is 1.35. The summed E-state index contributed by atoms with van der Waals surface area (Å²) in [6, 6.07) is 1.34. The molecule has 1 aromatic rings. The lowest BCUT2D eigenvalue weighted by molar-refractivity contribution is 0.165. The zero-order chi connectivity index (χ0) is 11.6. The molecule has 1 unspecified atom stereocenters. The topological polar surface area (TPSA) is 86.7 Å². The Kier molecular flexibility index (Phi) is 3.49. The number of aryl methyl sites for hydroxylation is 1. The normalized spacial score (nSPS) is 12.8. The van der Waals surface area contributed by atoms with Crippen molar-refractivity contribution < 1.29 is 19.7 Å². The van der Waals surface area contributed by atoms with E-state index in [4.69, 9.17) is 5.73 Å². The molecule has 0 heterocycles. The molecule has 5 heteroatoms. The monoisotopic (exact) mass is 215 g/mol. The van der Waals surface area contributed by atoms with Gasteiger partial charge in [-0.2, -0.15) is 4.39 Å². The molecule has 0 fully saturated rings. The highest BCUT2D eigenvalue weighted by Crippen LogP contribution is 2.35. The smallest absolute Gasteiger partial charge is 0.206 e. The molecule has 0 saturated carbocycles. The van der Waals surface area contributed by atoms with Gasteiger partial charge in [-0.1, -0.05) is 0 Å². The first-order valence-corrected chi connectivity index (χ1v) is 4.58. The Bertz CT molecular complexity index is 368. The van der Waals surface area contributed by atoms with E-state index in [1.165, 1.54) is 13.0 Å². The van der Waals surface area contributed by atoms with Gasteiger partial charge in [0.25, 0.3) is 0 Å². The van der Waals surface area contributed by atoms with E-state index < -0.39 is 23.4 Å². The molecule has 84 valence electrons. The lowest BCUT2D eigenvalue weighted by Crippen LogP contribution is -2.07. The van der Waals surface area contributed by atoms with Crippen LogP contribution in [0.5, 0.6) is 11.5 Å². The van der Waals surface area contributed by atoms with Crippen LogP contribution in [0.4, 0.5) is 4.39 Å². The Morgan fingerprint density at radius 3 is 2.53 bits per heavy atom. The number of hydrogen-bond donors (Lipinski definition) is 4. The number of rotatable bonds is 3. The molecular formula is C10H14FNO3. The maximum absolute atomic E-state index is 13.2. The molecule has 15 heavy (non-hydrogen) atoms. The van der Waals surface area contributed by atoms with Gasteiger partial charge in [-0.15, -0.1) is 0 Å². The minimum absolute atomic E-state index is 0.0493. The molecule has 5 N–H and O–H groups in total. The average Bonchev–Trinajstić information content (AvgIpc) is 2.20. The molecule has 1 rings (SSSR count). The molecule has 0 aliphatic rings. The lowest BCUT2D eigenvalue weighted by Gasteiger charge is -2.14. The molecule has 0 saturated heterocycles. The summed E-state index contributed by atoms with van der Waals surface area (Å²) in [5.41, 5.74) is 5.55. The van der Waals surface area contributed by atoms with Gasteiger partial charge in [0, 0.05) is 5.56 Å². The summed E-state index contributed by atoms with van der Waals surface area (Å²) < 4.78 is 13.2. The summed E-state index contributed by atoms with van der Waals surface area (Å²) in [6.45, 7) is 1.71. The van der Waals surface area contributed by atoms with E-state index in [1.807, 2.05) is 0 Å². The molecule has 0 aliphatic heterocycles. The second-order valence-electron chi connectivity index (χ2n) is 3.39. The predicted octanol–water partition coefficient (Wildman–Crippen LogP) is 0.928. The maximum atomic E-state index is 13.2. The number of aliphatic hydroxyl groups is 1. The zero-order valence-corrected chi connectivity index (χ0v) is 8.37. The first kappa shape index (κ1) is 11.7. The van der Waals surface area contributed by atoms with Crippen LogP contribution < -0.4 is 5.73 Å². The van der Waals surface area contributed by atoms with E-state index in [1.54, 1.807) is 0 Å². The van der Waals surface area contributed by atoms with Crippen molar-refractivity contribution in [3.63, 3.8) is 0 Å². The molecule has 1 aromatic carbocycles. The predicted molar refractivity (Wildman–Crippen MR) is 53.1 cm³/mol. The summed E-state index contributed by atoms with van der Waals surface area (Å²) in [7, 11) is 0. The van der Waals surface area contributed by atoms with E-state index in [-0.39, 0.29) is 24.1 Å². The van der Waals surface area contributed by atoms with Crippen LogP contribution in [0.15, 0.2) is 6.07 Å². The third-order valence-electron chi connectivity index (χ3n) is 2.23. The highest BCUT2D eigenvalue weighted by atomic mass is 19.1. The van der Waals surface area contributed by atoms with Crippen molar-refractivity contribution in [1.82, 2.24) is 0 Å². The molecule has 0 amide bonds. The zero-order valence-electron chi connectivity index (χ0n) is 8.37. The van der Waals surface area contributed by atoms with Crippen LogP contribution in [0.25, 0.3) is 0 Å². The van der Waals surface area contributed by atoms with Crippen LogP contribution in [0, 0.1) is 12.7 Å². The van der Waals surface area contributed by atoms with Gasteiger partial charge in [0.1, 0.15) is 0 Å². The van der Waals surface area contributed by atoms with Gasteiger partial charge in [0.05, 0.1) is 6.10 Å². The molecule has 0 bridgehead atoms. The van der Waals surface area contributed by atoms with Crippen molar-refractivity contribution in [1.29, 1.82) is 0 Å². The second kappa shape index (κ2) is 4.46. The first-order chi connectivity index (χ1) is 6.99. The fourth-order valence-electron chi connectivity index (χ4n) is 1.35. The average molecular weight is 215 g/mol. The van der Waals surface area contributed by atoms with Gasteiger partial charge < -0.3 is 21.1 Å². The standard InChI is InChI=1S/C10H14FNO3/c1-5-4-6(7(13)2-3-12)10(15)8(11)9(5)14/h4,7,13-15H,2-3,12H2,1H3. The van der Waals surface area contributed by atoms with Gasteiger partial charge in [-0.3, -0.25) is 0 Å². The lowest BCUT2D eigenvalue weighted by atomic mass is 10.0. The SMILES string of the molecule is Cc1cc(C(O)CCN)c(O)c(F)c1O. The number of hydrogen-bond acceptors (Lipinski definition) is 4. The van der Waals surface area contributed by atoms with Crippen LogP contribution in [0.1, 0.15) is 23.7 Å². The summed E-state index contributed by atoms with van der Waals surface area (Å²) >= 11 is 0. The first-order valence-electron chi connectivity index (χ1n) is 4.58. The Morgan fingerprint density at radius 1 is 1.40 bits per heavy atom. The molecule has 0 radical (unpaired) electrons. The largest absolute Gasteiger partial charge is 0.505 e. The van der Waals surface area contributed by atoms with Crippen molar-refractivity contribution in [2.24, 2.45) is 5.73 Å². The van der Waals surface area contributed by atoms with Crippen molar-refractivity contribution in [2.75, 3.05) is 6.54 Å². The van der Waals surface area contributed by atoms with Crippen molar-refractivity contribution in [3.05, 3.63) is 23.0 Å². The fraction of sp³-hybridized carbons (Fsp3) is 0.400. The van der Waals surface area contributed by atoms with Crippen LogP contribution in [-0.2, 0) is 0 Å². The summed E-state index contributed by atoms with van der Waals surface area (Å²) in [4.78, 5) is 0. The number of halogens is 1. The number of phenols is 2. The Labute approximate surface area is 86.8 Å². The van der Waals surface area contributed by atoms with Gasteiger partial charge in [-0.25, -0.2) is 0 Å². The molecule has 1 atom stereocenters. The molecule has 0 spiro atoms. The van der Waals surface area contributed by atoms with Crippen molar-refractivity contribution >= 4 is 0 Å². The highest BCUT2D eigenvalue weighted by Gasteiger charge is 2.19. The van der Waals surface area contributed by atoms with Crippen LogP contribution >= 0.6 is 0 Å². The van der Waals surface area contributed by atoms with E-state index in [0.717, 1.165) is 0 Å². The molecule has 4 nitrogen and oxygen atoms in total. The minimum Gasteiger partial charge on any atom is -0.505 e. The molecule has 0 aliphatic carbocycles. The number of phenolic OH excluding ortho intramolecular Hbond substituents is 2. The number of aliphatic hydroxyl groups excluding tert-OH is 1. The highest BCUT2D eigenvalue weighted by molar-refractivity contribution is 5.47. The number of benzene rings is 1. The third kappa shape index (κ3) is 2.19. The van der Waals surface area contributed by atoms with Gasteiger partial charge in [-0.05, 0) is 31.5 Å². The molecular weight excluding hydrogens is 201 g/mol.